The van der Waals surface area contributed by atoms with Crippen molar-refractivity contribution in [3.63, 3.8) is 0 Å². The Morgan fingerprint density at radius 1 is 0.700 bits per heavy atom. The normalized spacial score (nSPS) is 18.3. The Hall–Kier alpha value is -3.27. The molecule has 4 nitrogen and oxygen atoms in total. The highest BCUT2D eigenvalue weighted by atomic mass is 16.5. The lowest BCUT2D eigenvalue weighted by Gasteiger charge is -2.37. The molecule has 0 saturated carbocycles. The molecule has 5 rings (SSSR count). The number of aryl methyl sites for hydroxylation is 1. The van der Waals surface area contributed by atoms with Crippen molar-refractivity contribution in [2.45, 2.75) is 19.4 Å². The lowest BCUT2D eigenvalue weighted by atomic mass is 9.82. The average Bonchev–Trinajstić information content (AvgIpc) is 2.96. The summed E-state index contributed by atoms with van der Waals surface area (Å²) in [6.45, 7) is 4.10. The minimum Gasteiger partial charge on any atom is -0.460 e. The molecule has 1 spiro atoms. The number of hydrogen-bond acceptors (Lipinski definition) is 4. The summed E-state index contributed by atoms with van der Waals surface area (Å²) in [6, 6.07) is 19.9. The van der Waals surface area contributed by atoms with E-state index in [0.29, 0.717) is 5.90 Å². The largest absolute Gasteiger partial charge is 0.460 e. The van der Waals surface area contributed by atoms with Gasteiger partial charge in [0.15, 0.2) is 11.5 Å². The summed E-state index contributed by atoms with van der Waals surface area (Å²) in [5.41, 5.74) is 9.81. The highest BCUT2D eigenvalue weighted by molar-refractivity contribution is 5.91. The fourth-order valence-electron chi connectivity index (χ4n) is 4.73. The molecule has 0 fully saturated rings. The fraction of sp³-hybridized carbons (Fsp3) is 0.269. The highest BCUT2D eigenvalue weighted by Crippen LogP contribution is 2.57. The van der Waals surface area contributed by atoms with E-state index in [1.165, 1.54) is 33.5 Å². The van der Waals surface area contributed by atoms with Crippen LogP contribution in [0.2, 0.25) is 0 Å². The molecule has 0 radical (unpaired) electrons. The van der Waals surface area contributed by atoms with Gasteiger partial charge in [-0.2, -0.15) is 0 Å². The minimum absolute atomic E-state index is 0.671. The van der Waals surface area contributed by atoms with Gasteiger partial charge >= 0.3 is 0 Å². The van der Waals surface area contributed by atoms with Crippen LogP contribution in [0.4, 0.5) is 17.1 Å². The van der Waals surface area contributed by atoms with Gasteiger partial charge in [-0.15, -0.1) is 0 Å². The Morgan fingerprint density at radius 3 is 1.93 bits per heavy atom. The van der Waals surface area contributed by atoms with E-state index in [1.54, 1.807) is 0 Å². The van der Waals surface area contributed by atoms with Crippen molar-refractivity contribution in [2.75, 3.05) is 38.0 Å². The van der Waals surface area contributed by atoms with Crippen LogP contribution < -0.4 is 9.80 Å². The molecule has 1 heterocycles. The predicted octanol–water partition coefficient (Wildman–Crippen LogP) is 5.48. The van der Waals surface area contributed by atoms with Gasteiger partial charge in [0.05, 0.1) is 5.69 Å². The van der Waals surface area contributed by atoms with E-state index >= 15 is 0 Å². The third kappa shape index (κ3) is 2.49. The summed E-state index contributed by atoms with van der Waals surface area (Å²) in [4.78, 5) is 9.03. The Kier molecular flexibility index (Phi) is 3.97. The van der Waals surface area contributed by atoms with Crippen LogP contribution in [0, 0.1) is 6.92 Å². The topological polar surface area (TPSA) is 28.1 Å². The molecule has 2 aliphatic rings. The molecule has 0 bridgehead atoms. The third-order valence-corrected chi connectivity index (χ3v) is 6.20. The smallest absolute Gasteiger partial charge is 0.189 e. The van der Waals surface area contributed by atoms with Gasteiger partial charge in [-0.05, 0) is 42.3 Å². The molecule has 1 aliphatic heterocycles. The fourth-order valence-corrected chi connectivity index (χ4v) is 4.73. The van der Waals surface area contributed by atoms with E-state index in [4.69, 9.17) is 9.73 Å². The molecule has 30 heavy (non-hydrogen) atoms. The number of nitrogens with zero attached hydrogens (tertiary/aromatic N) is 3. The summed E-state index contributed by atoms with van der Waals surface area (Å²) >= 11 is 0. The quantitative estimate of drug-likeness (QED) is 0.573. The second kappa shape index (κ2) is 6.36. The second-order valence-electron chi connectivity index (χ2n) is 8.68. The summed E-state index contributed by atoms with van der Waals surface area (Å²) in [7, 11) is 8.27. The molecule has 3 aromatic carbocycles. The van der Waals surface area contributed by atoms with Crippen LogP contribution in [0.5, 0.6) is 0 Å². The number of hydrogen-bond donors (Lipinski definition) is 0. The highest BCUT2D eigenvalue weighted by Gasteiger charge is 2.50. The van der Waals surface area contributed by atoms with Crippen molar-refractivity contribution in [2.24, 2.45) is 4.99 Å². The van der Waals surface area contributed by atoms with Crippen LogP contribution >= 0.6 is 0 Å². The van der Waals surface area contributed by atoms with Crippen LogP contribution in [0.15, 0.2) is 59.6 Å². The molecule has 1 unspecified atom stereocenters. The van der Waals surface area contributed by atoms with Crippen LogP contribution in [0.25, 0.3) is 11.1 Å². The number of ether oxygens (including phenoxy) is 1. The van der Waals surface area contributed by atoms with E-state index < -0.39 is 5.60 Å². The van der Waals surface area contributed by atoms with Crippen LogP contribution in [0.1, 0.15) is 29.2 Å². The van der Waals surface area contributed by atoms with Crippen molar-refractivity contribution in [3.05, 3.63) is 76.9 Å². The SMILES string of the molecule is CC1=Nc2cc(N(C)C)ccc2C2(O1)c1ccc(C)cc1-c1cc(N(C)C)ccc12. The molecule has 0 aromatic heterocycles. The molecule has 1 atom stereocenters. The number of aliphatic imine (C=N–C) groups is 1. The van der Waals surface area contributed by atoms with Gasteiger partial charge in [0.2, 0.25) is 0 Å². The first-order valence-electron chi connectivity index (χ1n) is 10.3. The van der Waals surface area contributed by atoms with Crippen LogP contribution in [-0.4, -0.2) is 34.1 Å². The Balaban J connectivity index is 1.85. The first kappa shape index (κ1) is 18.7. The molecule has 0 N–H and O–H groups in total. The molecule has 0 amide bonds. The van der Waals surface area contributed by atoms with Gasteiger partial charge in [-0.3, -0.25) is 0 Å². The number of anilines is 2. The molecular weight excluding hydrogens is 370 g/mol. The van der Waals surface area contributed by atoms with Gasteiger partial charge in [0.1, 0.15) is 0 Å². The lowest BCUT2D eigenvalue weighted by molar-refractivity contribution is 0.140. The van der Waals surface area contributed by atoms with Crippen molar-refractivity contribution in [1.29, 1.82) is 0 Å². The molecule has 0 saturated heterocycles. The summed E-state index contributed by atoms with van der Waals surface area (Å²) < 4.78 is 6.68. The zero-order valence-corrected chi connectivity index (χ0v) is 18.4. The molecule has 3 aromatic rings. The molecule has 4 heteroatoms. The molecule has 1 aliphatic carbocycles. The van der Waals surface area contributed by atoms with Gasteiger partial charge in [-0.1, -0.05) is 35.9 Å². The Bertz CT molecular complexity index is 1210. The van der Waals surface area contributed by atoms with E-state index in [0.717, 1.165) is 16.9 Å². The molecule has 152 valence electrons. The number of rotatable bonds is 2. The van der Waals surface area contributed by atoms with Crippen LogP contribution in [-0.2, 0) is 10.3 Å². The Morgan fingerprint density at radius 2 is 1.27 bits per heavy atom. The zero-order valence-electron chi connectivity index (χ0n) is 18.4. The third-order valence-electron chi connectivity index (χ3n) is 6.20. The van der Waals surface area contributed by atoms with Gasteiger partial charge in [-0.25, -0.2) is 4.99 Å². The van der Waals surface area contributed by atoms with Crippen molar-refractivity contribution in [1.82, 2.24) is 0 Å². The van der Waals surface area contributed by atoms with Crippen molar-refractivity contribution in [3.8, 4) is 11.1 Å². The average molecular weight is 398 g/mol. The predicted molar refractivity (Wildman–Crippen MR) is 125 cm³/mol. The van der Waals surface area contributed by atoms with Gasteiger partial charge in [0.25, 0.3) is 0 Å². The van der Waals surface area contributed by atoms with Crippen molar-refractivity contribution < 1.29 is 4.74 Å². The van der Waals surface area contributed by atoms with Gasteiger partial charge in [0, 0.05) is 63.2 Å². The van der Waals surface area contributed by atoms with Crippen LogP contribution in [0.3, 0.4) is 0 Å². The molecular formula is C26H27N3O. The Labute approximate surface area is 178 Å². The maximum Gasteiger partial charge on any atom is 0.189 e. The van der Waals surface area contributed by atoms with E-state index in [2.05, 4.69) is 99.5 Å². The summed E-state index contributed by atoms with van der Waals surface area (Å²) in [5.74, 6) is 0.689. The van der Waals surface area contributed by atoms with E-state index in [1.807, 2.05) is 6.92 Å². The first-order chi connectivity index (χ1) is 14.3. The summed E-state index contributed by atoms with van der Waals surface area (Å²) in [6.07, 6.45) is 0. The van der Waals surface area contributed by atoms with Crippen molar-refractivity contribution >= 4 is 23.0 Å². The number of fused-ring (bicyclic) bond motifs is 7. The first-order valence-corrected chi connectivity index (χ1v) is 10.3. The lowest BCUT2D eigenvalue weighted by Crippen LogP contribution is -2.35. The monoisotopic (exact) mass is 397 g/mol. The maximum atomic E-state index is 6.68. The van der Waals surface area contributed by atoms with E-state index in [9.17, 15) is 0 Å². The van der Waals surface area contributed by atoms with Gasteiger partial charge < -0.3 is 14.5 Å². The standard InChI is InChI=1S/C26H27N3O/c1-16-7-10-22-20(13-16)21-14-18(28(3)4)8-11-23(21)26(22)24-12-9-19(29(5)6)15-25(24)27-17(2)30-26/h7-15H,1-6H3. The zero-order chi connectivity index (χ0) is 21.2. The number of benzene rings is 3. The maximum absolute atomic E-state index is 6.68. The summed E-state index contributed by atoms with van der Waals surface area (Å²) in [5, 5.41) is 0. The van der Waals surface area contributed by atoms with E-state index in [-0.39, 0.29) is 0 Å². The second-order valence-corrected chi connectivity index (χ2v) is 8.68. The minimum atomic E-state index is -0.671.